The molecule has 8 heteroatoms. The van der Waals surface area contributed by atoms with Crippen LogP contribution in [0.3, 0.4) is 0 Å². The molecule has 2 aliphatic heterocycles. The molecule has 0 radical (unpaired) electrons. The van der Waals surface area contributed by atoms with Crippen molar-refractivity contribution in [3.05, 3.63) is 35.9 Å². The van der Waals surface area contributed by atoms with Gasteiger partial charge in [0.05, 0.1) is 12.8 Å². The number of aryl methyl sites for hydroxylation is 1. The molecule has 0 amide bonds. The van der Waals surface area contributed by atoms with Crippen molar-refractivity contribution in [2.24, 2.45) is 0 Å². The third kappa shape index (κ3) is 2.76. The predicted octanol–water partition coefficient (Wildman–Crippen LogP) is 2.25. The van der Waals surface area contributed by atoms with Crippen LogP contribution >= 0.6 is 0 Å². The summed E-state index contributed by atoms with van der Waals surface area (Å²) in [5, 5.41) is 12.8. The molecular formula is C17H20N6O2. The van der Waals surface area contributed by atoms with Gasteiger partial charge in [0.15, 0.2) is 5.76 Å². The van der Waals surface area contributed by atoms with Crippen LogP contribution in [0.2, 0.25) is 0 Å². The lowest BCUT2D eigenvalue weighted by atomic mass is 9.96. The predicted molar refractivity (Wildman–Crippen MR) is 87.6 cm³/mol. The fraction of sp³-hybridized carbons (Fsp3) is 0.529. The molecule has 1 fully saturated rings. The summed E-state index contributed by atoms with van der Waals surface area (Å²) in [5.74, 6) is 4.63. The molecule has 0 aromatic carbocycles. The number of furan rings is 1. The van der Waals surface area contributed by atoms with Gasteiger partial charge in [0.1, 0.15) is 11.6 Å². The van der Waals surface area contributed by atoms with Crippen molar-refractivity contribution in [2.45, 2.75) is 44.7 Å². The summed E-state index contributed by atoms with van der Waals surface area (Å²) in [5.41, 5.74) is 0. The normalized spacial score (nSPS) is 18.7. The molecule has 5 heterocycles. The molecule has 5 rings (SSSR count). The van der Waals surface area contributed by atoms with E-state index in [4.69, 9.17) is 8.94 Å². The highest BCUT2D eigenvalue weighted by atomic mass is 16.5. The number of likely N-dealkylation sites (tertiary alicyclic amines) is 1. The van der Waals surface area contributed by atoms with Crippen molar-refractivity contribution in [3.63, 3.8) is 0 Å². The van der Waals surface area contributed by atoms with E-state index in [9.17, 15) is 0 Å². The number of fused-ring (bicyclic) bond motifs is 1. The Kier molecular flexibility index (Phi) is 3.62. The molecule has 0 bridgehead atoms. The number of rotatable bonds is 4. The second kappa shape index (κ2) is 6.11. The van der Waals surface area contributed by atoms with Gasteiger partial charge in [-0.1, -0.05) is 5.16 Å². The summed E-state index contributed by atoms with van der Waals surface area (Å²) < 4.78 is 13.0. The molecule has 0 aliphatic carbocycles. The summed E-state index contributed by atoms with van der Waals surface area (Å²) in [4.78, 5) is 6.78. The lowest BCUT2D eigenvalue weighted by Gasteiger charge is -2.30. The van der Waals surface area contributed by atoms with Crippen LogP contribution < -0.4 is 0 Å². The fourth-order valence-electron chi connectivity index (χ4n) is 3.84. The Morgan fingerprint density at radius 3 is 2.92 bits per heavy atom. The van der Waals surface area contributed by atoms with Crippen LogP contribution in [0.15, 0.2) is 27.3 Å². The Bertz CT molecular complexity index is 845. The molecule has 0 N–H and O–H groups in total. The van der Waals surface area contributed by atoms with E-state index in [0.29, 0.717) is 29.9 Å². The molecule has 8 nitrogen and oxygen atoms in total. The van der Waals surface area contributed by atoms with Crippen LogP contribution in [0.25, 0.3) is 11.6 Å². The monoisotopic (exact) mass is 340 g/mol. The maximum absolute atomic E-state index is 5.36. The average Bonchev–Trinajstić information content (AvgIpc) is 3.40. The SMILES string of the molecule is c1coc(-c2noc(CN3CCC(c4nnc5n4CCC5)CC3)n2)c1. The van der Waals surface area contributed by atoms with Gasteiger partial charge in [0.25, 0.3) is 0 Å². The fourth-order valence-corrected chi connectivity index (χ4v) is 3.84. The van der Waals surface area contributed by atoms with Crippen molar-refractivity contribution in [3.8, 4) is 11.6 Å². The molecule has 0 unspecified atom stereocenters. The van der Waals surface area contributed by atoms with E-state index in [-0.39, 0.29) is 0 Å². The molecular weight excluding hydrogens is 320 g/mol. The van der Waals surface area contributed by atoms with E-state index in [1.54, 1.807) is 6.26 Å². The van der Waals surface area contributed by atoms with Gasteiger partial charge in [-0.3, -0.25) is 4.90 Å². The molecule has 1 saturated heterocycles. The molecule has 0 spiro atoms. The lowest BCUT2D eigenvalue weighted by molar-refractivity contribution is 0.177. The Hall–Kier alpha value is -2.48. The van der Waals surface area contributed by atoms with Gasteiger partial charge in [-0.05, 0) is 44.5 Å². The summed E-state index contributed by atoms with van der Waals surface area (Å²) in [6.07, 6.45) is 6.07. The smallest absolute Gasteiger partial charge is 0.241 e. The first kappa shape index (κ1) is 14.8. The van der Waals surface area contributed by atoms with Crippen LogP contribution in [-0.2, 0) is 19.5 Å². The van der Waals surface area contributed by atoms with Crippen LogP contribution in [0, 0.1) is 0 Å². The lowest BCUT2D eigenvalue weighted by Crippen LogP contribution is -2.33. The maximum atomic E-state index is 5.36. The van der Waals surface area contributed by atoms with Gasteiger partial charge in [-0.25, -0.2) is 0 Å². The average molecular weight is 340 g/mol. The first-order valence-corrected chi connectivity index (χ1v) is 8.87. The number of piperidine rings is 1. The zero-order valence-corrected chi connectivity index (χ0v) is 14.0. The van der Waals surface area contributed by atoms with E-state index < -0.39 is 0 Å². The second-order valence-electron chi connectivity index (χ2n) is 6.77. The van der Waals surface area contributed by atoms with E-state index in [1.165, 1.54) is 12.2 Å². The number of nitrogens with zero attached hydrogens (tertiary/aromatic N) is 6. The van der Waals surface area contributed by atoms with Gasteiger partial charge < -0.3 is 13.5 Å². The van der Waals surface area contributed by atoms with Crippen LogP contribution in [-0.4, -0.2) is 42.9 Å². The highest BCUT2D eigenvalue weighted by Gasteiger charge is 2.28. The van der Waals surface area contributed by atoms with Crippen molar-refractivity contribution in [1.82, 2.24) is 29.8 Å². The highest BCUT2D eigenvalue weighted by Crippen LogP contribution is 2.30. The largest absolute Gasteiger partial charge is 0.461 e. The number of hydrogen-bond acceptors (Lipinski definition) is 7. The van der Waals surface area contributed by atoms with Crippen molar-refractivity contribution < 1.29 is 8.94 Å². The number of hydrogen-bond donors (Lipinski definition) is 0. The third-order valence-electron chi connectivity index (χ3n) is 5.16. The zero-order chi connectivity index (χ0) is 16.6. The Labute approximate surface area is 144 Å². The molecule has 0 saturated carbocycles. The summed E-state index contributed by atoms with van der Waals surface area (Å²) in [7, 11) is 0. The summed E-state index contributed by atoms with van der Waals surface area (Å²) >= 11 is 0. The third-order valence-corrected chi connectivity index (χ3v) is 5.16. The molecule has 25 heavy (non-hydrogen) atoms. The Morgan fingerprint density at radius 2 is 2.08 bits per heavy atom. The van der Waals surface area contributed by atoms with E-state index in [1.807, 2.05) is 12.1 Å². The first-order valence-electron chi connectivity index (χ1n) is 8.87. The summed E-state index contributed by atoms with van der Waals surface area (Å²) in [6.45, 7) is 3.77. The Morgan fingerprint density at radius 1 is 1.16 bits per heavy atom. The Balaban J connectivity index is 1.21. The van der Waals surface area contributed by atoms with Gasteiger partial charge in [0, 0.05) is 18.9 Å². The highest BCUT2D eigenvalue weighted by molar-refractivity contribution is 5.44. The topological polar surface area (TPSA) is 86.0 Å². The molecule has 3 aromatic heterocycles. The summed E-state index contributed by atoms with van der Waals surface area (Å²) in [6, 6.07) is 3.65. The van der Waals surface area contributed by atoms with Crippen molar-refractivity contribution >= 4 is 0 Å². The quantitative estimate of drug-likeness (QED) is 0.720. The van der Waals surface area contributed by atoms with Crippen LogP contribution in [0.1, 0.15) is 42.7 Å². The first-order chi connectivity index (χ1) is 12.4. The van der Waals surface area contributed by atoms with Crippen LogP contribution in [0.4, 0.5) is 0 Å². The van der Waals surface area contributed by atoms with Crippen molar-refractivity contribution in [2.75, 3.05) is 13.1 Å². The minimum Gasteiger partial charge on any atom is -0.461 e. The van der Waals surface area contributed by atoms with E-state index >= 15 is 0 Å². The minimum absolute atomic E-state index is 0.508. The van der Waals surface area contributed by atoms with Gasteiger partial charge >= 0.3 is 0 Å². The van der Waals surface area contributed by atoms with Gasteiger partial charge in [-0.2, -0.15) is 4.98 Å². The number of aromatic nitrogens is 5. The second-order valence-corrected chi connectivity index (χ2v) is 6.77. The van der Waals surface area contributed by atoms with E-state index in [0.717, 1.165) is 44.7 Å². The molecule has 0 atom stereocenters. The zero-order valence-electron chi connectivity index (χ0n) is 14.0. The van der Waals surface area contributed by atoms with Crippen molar-refractivity contribution in [1.29, 1.82) is 0 Å². The van der Waals surface area contributed by atoms with E-state index in [2.05, 4.69) is 29.8 Å². The maximum Gasteiger partial charge on any atom is 0.241 e. The standard InChI is InChI=1S/C17H20N6O2/c1-4-14-19-20-17(23(14)7-1)12-5-8-22(9-6-12)11-15-18-16(21-25-15)13-3-2-10-24-13/h2-3,10,12H,1,4-9,11H2. The van der Waals surface area contributed by atoms with Gasteiger partial charge in [0.2, 0.25) is 11.7 Å². The molecule has 2 aliphatic rings. The molecule has 3 aromatic rings. The van der Waals surface area contributed by atoms with Crippen LogP contribution in [0.5, 0.6) is 0 Å². The van der Waals surface area contributed by atoms with Gasteiger partial charge in [-0.15, -0.1) is 10.2 Å². The molecule has 130 valence electrons. The minimum atomic E-state index is 0.508.